The highest BCUT2D eigenvalue weighted by molar-refractivity contribution is 7.09. The van der Waals surface area contributed by atoms with E-state index in [1.165, 1.54) is 10.7 Å². The van der Waals surface area contributed by atoms with Crippen molar-refractivity contribution >= 4 is 17.2 Å². The molecule has 2 aromatic heterocycles. The van der Waals surface area contributed by atoms with E-state index in [9.17, 15) is 13.6 Å². The summed E-state index contributed by atoms with van der Waals surface area (Å²) in [5.74, 6) is -1.68. The maximum atomic E-state index is 13.7. The molecule has 0 spiro atoms. The average molecular weight is 490 g/mol. The number of amides is 1. The van der Waals surface area contributed by atoms with Gasteiger partial charge < -0.3 is 9.64 Å². The van der Waals surface area contributed by atoms with Gasteiger partial charge >= 0.3 is 0 Å². The van der Waals surface area contributed by atoms with Crippen molar-refractivity contribution in [2.45, 2.75) is 45.9 Å². The third-order valence-electron chi connectivity index (χ3n) is 5.56. The number of halogens is 2. The molecular weight excluding hydrogens is 460 g/mol. The Balaban J connectivity index is 1.30. The van der Waals surface area contributed by atoms with Gasteiger partial charge in [0.1, 0.15) is 5.82 Å². The van der Waals surface area contributed by atoms with E-state index in [4.69, 9.17) is 9.72 Å². The summed E-state index contributed by atoms with van der Waals surface area (Å²) in [5.41, 5.74) is 1.43. The molecule has 1 aliphatic heterocycles. The molecule has 182 valence electrons. The predicted octanol–water partition coefficient (Wildman–Crippen LogP) is 4.30. The van der Waals surface area contributed by atoms with Gasteiger partial charge in [0, 0.05) is 55.8 Å². The van der Waals surface area contributed by atoms with Crippen LogP contribution in [0.5, 0.6) is 5.75 Å². The van der Waals surface area contributed by atoms with E-state index in [1.54, 1.807) is 23.6 Å². The molecule has 1 aliphatic rings. The third-order valence-corrected chi connectivity index (χ3v) is 6.88. The quantitative estimate of drug-likeness (QED) is 0.517. The molecule has 0 radical (unpaired) electrons. The zero-order valence-corrected chi connectivity index (χ0v) is 20.4. The normalized spacial score (nSPS) is 15.4. The maximum Gasteiger partial charge on any atom is 0.274 e. The van der Waals surface area contributed by atoms with Gasteiger partial charge in [-0.25, -0.2) is 18.4 Å². The molecule has 3 aromatic rings. The number of ether oxygens (including phenoxy) is 1. The van der Waals surface area contributed by atoms with E-state index in [2.05, 4.69) is 36.1 Å². The summed E-state index contributed by atoms with van der Waals surface area (Å²) in [6.07, 6.45) is 2.48. The van der Waals surface area contributed by atoms with Gasteiger partial charge in [0.15, 0.2) is 24.0 Å². The molecule has 1 fully saturated rings. The monoisotopic (exact) mass is 489 g/mol. The summed E-state index contributed by atoms with van der Waals surface area (Å²) in [7, 11) is 0. The Morgan fingerprint density at radius 2 is 1.97 bits per heavy atom. The van der Waals surface area contributed by atoms with E-state index < -0.39 is 11.6 Å². The highest BCUT2D eigenvalue weighted by Gasteiger charge is 2.23. The molecule has 0 aliphatic carbocycles. The van der Waals surface area contributed by atoms with Crippen molar-refractivity contribution in [2.24, 2.45) is 0 Å². The molecule has 34 heavy (non-hydrogen) atoms. The molecule has 0 atom stereocenters. The minimum Gasteiger partial charge on any atom is -0.468 e. The number of rotatable bonds is 6. The van der Waals surface area contributed by atoms with Gasteiger partial charge in [-0.3, -0.25) is 9.69 Å². The van der Waals surface area contributed by atoms with Crippen LogP contribution in [0, 0.1) is 11.6 Å². The Morgan fingerprint density at radius 3 is 2.71 bits per heavy atom. The van der Waals surface area contributed by atoms with Crippen LogP contribution in [0.15, 0.2) is 35.8 Å². The van der Waals surface area contributed by atoms with Gasteiger partial charge in [-0.1, -0.05) is 20.8 Å². The second-order valence-electron chi connectivity index (χ2n) is 9.40. The van der Waals surface area contributed by atoms with Gasteiger partial charge in [-0.05, 0) is 24.6 Å². The Morgan fingerprint density at radius 1 is 1.15 bits per heavy atom. The van der Waals surface area contributed by atoms with Gasteiger partial charge in [0.2, 0.25) is 0 Å². The van der Waals surface area contributed by atoms with Crippen molar-refractivity contribution in [3.63, 3.8) is 0 Å². The van der Waals surface area contributed by atoms with E-state index in [-0.39, 0.29) is 23.8 Å². The van der Waals surface area contributed by atoms with Crippen LogP contribution in [0.1, 0.15) is 48.4 Å². The summed E-state index contributed by atoms with van der Waals surface area (Å²) in [5, 5.41) is 7.53. The number of thiazole rings is 1. The minimum absolute atomic E-state index is 0.0482. The number of aromatic nitrogens is 3. The lowest BCUT2D eigenvalue weighted by atomic mass is 9.98. The summed E-state index contributed by atoms with van der Waals surface area (Å²) in [6.45, 7) is 10.1. The van der Waals surface area contributed by atoms with Crippen LogP contribution in [-0.2, 0) is 18.7 Å². The molecule has 3 heterocycles. The lowest BCUT2D eigenvalue weighted by Gasteiger charge is -2.21. The minimum atomic E-state index is -0.787. The molecule has 10 heteroatoms. The van der Waals surface area contributed by atoms with Gasteiger partial charge in [-0.15, -0.1) is 11.3 Å². The van der Waals surface area contributed by atoms with Crippen molar-refractivity contribution in [1.29, 1.82) is 0 Å². The standard InChI is InChI=1S/C24H29F2N5O2S/c1-24(2,3)23-27-18(15-34-23)14-29-8-4-9-30(12-11-29)22(32)20-7-10-31(28-20)16-33-21-6-5-17(25)13-19(21)26/h5-7,10,13,15H,4,8-9,11-12,14,16H2,1-3H3. The lowest BCUT2D eigenvalue weighted by molar-refractivity contribution is 0.0753. The maximum absolute atomic E-state index is 13.7. The fourth-order valence-corrected chi connectivity index (χ4v) is 4.62. The topological polar surface area (TPSA) is 63.5 Å². The molecule has 1 saturated heterocycles. The van der Waals surface area contributed by atoms with Crippen molar-refractivity contribution in [3.8, 4) is 5.75 Å². The second-order valence-corrected chi connectivity index (χ2v) is 10.3. The SMILES string of the molecule is CC(C)(C)c1nc(CN2CCCN(C(=O)c3ccn(COc4ccc(F)cc4F)n3)CC2)cs1. The average Bonchev–Trinajstić information content (AvgIpc) is 3.38. The summed E-state index contributed by atoms with van der Waals surface area (Å²) >= 11 is 1.70. The van der Waals surface area contributed by atoms with Gasteiger partial charge in [0.25, 0.3) is 5.91 Å². The fourth-order valence-electron chi connectivity index (χ4n) is 3.72. The van der Waals surface area contributed by atoms with Crippen LogP contribution in [0.25, 0.3) is 0 Å². The van der Waals surface area contributed by atoms with Crippen molar-refractivity contribution < 1.29 is 18.3 Å². The van der Waals surface area contributed by atoms with Gasteiger partial charge in [-0.2, -0.15) is 5.10 Å². The number of nitrogens with zero attached hydrogens (tertiary/aromatic N) is 5. The Kier molecular flexibility index (Phi) is 7.27. The molecule has 4 rings (SSSR count). The summed E-state index contributed by atoms with van der Waals surface area (Å²) in [6, 6.07) is 4.72. The zero-order chi connectivity index (χ0) is 24.3. The van der Waals surface area contributed by atoms with Gasteiger partial charge in [0.05, 0.1) is 10.7 Å². The van der Waals surface area contributed by atoms with E-state index in [0.717, 1.165) is 48.9 Å². The van der Waals surface area contributed by atoms with E-state index >= 15 is 0 Å². The molecule has 0 saturated carbocycles. The fraction of sp³-hybridized carbons (Fsp3) is 0.458. The number of carbonyl (C=O) groups is 1. The Hall–Kier alpha value is -2.85. The second kappa shape index (κ2) is 10.2. The Bertz CT molecular complexity index is 1140. The molecule has 0 bridgehead atoms. The number of benzene rings is 1. The highest BCUT2D eigenvalue weighted by atomic mass is 32.1. The third kappa shape index (κ3) is 5.98. The van der Waals surface area contributed by atoms with Crippen LogP contribution in [0.2, 0.25) is 0 Å². The lowest BCUT2D eigenvalue weighted by Crippen LogP contribution is -2.35. The first kappa shape index (κ1) is 24.3. The first-order valence-electron chi connectivity index (χ1n) is 11.3. The number of hydrogen-bond donors (Lipinski definition) is 0. The molecule has 0 unspecified atom stereocenters. The largest absolute Gasteiger partial charge is 0.468 e. The number of carbonyl (C=O) groups excluding carboxylic acids is 1. The van der Waals surface area contributed by atoms with Crippen molar-refractivity contribution in [2.75, 3.05) is 26.2 Å². The highest BCUT2D eigenvalue weighted by Crippen LogP contribution is 2.26. The van der Waals surface area contributed by atoms with Crippen LogP contribution in [0.4, 0.5) is 8.78 Å². The van der Waals surface area contributed by atoms with Crippen LogP contribution < -0.4 is 4.74 Å². The van der Waals surface area contributed by atoms with Crippen LogP contribution in [-0.4, -0.2) is 56.7 Å². The number of hydrogen-bond acceptors (Lipinski definition) is 6. The summed E-state index contributed by atoms with van der Waals surface area (Å²) < 4.78 is 33.5. The molecule has 0 N–H and O–H groups in total. The summed E-state index contributed by atoms with van der Waals surface area (Å²) in [4.78, 5) is 21.9. The zero-order valence-electron chi connectivity index (χ0n) is 19.6. The van der Waals surface area contributed by atoms with Crippen molar-refractivity contribution in [3.05, 3.63) is 63.9 Å². The van der Waals surface area contributed by atoms with E-state index in [1.807, 2.05) is 4.90 Å². The first-order chi connectivity index (χ1) is 16.2. The Labute approximate surface area is 202 Å². The van der Waals surface area contributed by atoms with Crippen LogP contribution in [0.3, 0.4) is 0 Å². The molecular formula is C24H29F2N5O2S. The smallest absolute Gasteiger partial charge is 0.274 e. The van der Waals surface area contributed by atoms with E-state index in [0.29, 0.717) is 18.8 Å². The molecule has 7 nitrogen and oxygen atoms in total. The van der Waals surface area contributed by atoms with Crippen LogP contribution >= 0.6 is 11.3 Å². The molecule has 1 amide bonds. The predicted molar refractivity (Wildman–Crippen MR) is 126 cm³/mol. The molecule has 1 aromatic carbocycles. The first-order valence-corrected chi connectivity index (χ1v) is 12.1. The van der Waals surface area contributed by atoms with Crippen molar-refractivity contribution in [1.82, 2.24) is 24.6 Å².